The summed E-state index contributed by atoms with van der Waals surface area (Å²) in [5, 5.41) is 29.2. The third kappa shape index (κ3) is 2.07. The number of aliphatic imine (C=N–C) groups is 3. The predicted molar refractivity (Wildman–Crippen MR) is 78.4 cm³/mol. The molecule has 3 rings (SSSR count). The monoisotopic (exact) mass is 312 g/mol. The molecule has 10 nitrogen and oxygen atoms in total. The molecule has 1 saturated heterocycles. The average Bonchev–Trinajstić information content (AvgIpc) is 3.03. The van der Waals surface area contributed by atoms with Crippen LogP contribution in [-0.2, 0) is 4.74 Å². The lowest BCUT2D eigenvalue weighted by Crippen LogP contribution is -2.62. The lowest BCUT2D eigenvalue weighted by Gasteiger charge is -2.35. The second-order valence-electron chi connectivity index (χ2n) is 5.66. The molecule has 5 atom stereocenters. The van der Waals surface area contributed by atoms with Gasteiger partial charge in [0, 0.05) is 0 Å². The number of ether oxygens (including phenoxy) is 1. The van der Waals surface area contributed by atoms with Crippen LogP contribution in [0.4, 0.5) is 0 Å². The Kier molecular flexibility index (Phi) is 3.75. The Balaban J connectivity index is 1.86. The molecule has 3 heterocycles. The highest BCUT2D eigenvalue weighted by atomic mass is 16.6. The van der Waals surface area contributed by atoms with Crippen molar-refractivity contribution in [1.29, 1.82) is 0 Å². The van der Waals surface area contributed by atoms with Crippen LogP contribution in [0.3, 0.4) is 0 Å². The van der Waals surface area contributed by atoms with E-state index in [4.69, 9.17) is 10.5 Å². The van der Waals surface area contributed by atoms with E-state index in [1.54, 1.807) is 23.9 Å². The van der Waals surface area contributed by atoms with Crippen LogP contribution in [0.5, 0.6) is 0 Å². The first kappa shape index (κ1) is 15.5. The molecule has 0 aromatic rings. The van der Waals surface area contributed by atoms with E-state index in [-0.39, 0.29) is 13.3 Å². The molecule has 1 unspecified atom stereocenters. The molecule has 1 fully saturated rings. The fourth-order valence-electron chi connectivity index (χ4n) is 2.74. The van der Waals surface area contributed by atoms with Crippen LogP contribution in [0, 0.1) is 0 Å². The minimum Gasteiger partial charge on any atom is -0.394 e. The van der Waals surface area contributed by atoms with Crippen LogP contribution in [0.25, 0.3) is 0 Å². The minimum atomic E-state index is -1.18. The van der Waals surface area contributed by atoms with Crippen LogP contribution in [0.15, 0.2) is 15.0 Å². The number of aliphatic hydroxyl groups excluding tert-OH is 3. The van der Waals surface area contributed by atoms with Gasteiger partial charge in [-0.25, -0.2) is 9.98 Å². The van der Waals surface area contributed by atoms with Gasteiger partial charge in [-0.15, -0.1) is 0 Å². The number of aliphatic hydroxyl groups is 3. The van der Waals surface area contributed by atoms with Crippen molar-refractivity contribution in [3.8, 4) is 0 Å². The summed E-state index contributed by atoms with van der Waals surface area (Å²) in [4.78, 5) is 16.0. The largest absolute Gasteiger partial charge is 0.394 e. The smallest absolute Gasteiger partial charge is 0.213 e. The molecule has 3 aliphatic heterocycles. The van der Waals surface area contributed by atoms with Crippen molar-refractivity contribution >= 4 is 17.9 Å². The van der Waals surface area contributed by atoms with Gasteiger partial charge in [-0.05, 0) is 14.1 Å². The van der Waals surface area contributed by atoms with E-state index < -0.39 is 30.3 Å². The summed E-state index contributed by atoms with van der Waals surface area (Å²) in [7, 11) is 3.55. The molecule has 0 aromatic carbocycles. The van der Waals surface area contributed by atoms with Crippen LogP contribution in [0.2, 0.25) is 0 Å². The third-order valence-electron chi connectivity index (χ3n) is 4.15. The predicted octanol–water partition coefficient (Wildman–Crippen LogP) is -3.25. The summed E-state index contributed by atoms with van der Waals surface area (Å²) >= 11 is 0. The molecular formula is C12H20N6O4. The van der Waals surface area contributed by atoms with Crippen LogP contribution >= 0.6 is 0 Å². The van der Waals surface area contributed by atoms with Crippen molar-refractivity contribution in [3.63, 3.8) is 0 Å². The van der Waals surface area contributed by atoms with Gasteiger partial charge in [-0.1, -0.05) is 0 Å². The van der Waals surface area contributed by atoms with E-state index in [9.17, 15) is 15.3 Å². The van der Waals surface area contributed by atoms with Gasteiger partial charge < -0.3 is 25.0 Å². The quantitative estimate of drug-likeness (QED) is 0.401. The first-order valence-corrected chi connectivity index (χ1v) is 6.92. The number of nitrogens with zero attached hydrogens (tertiary/aromatic N) is 5. The minimum absolute atomic E-state index is 0.177. The molecule has 122 valence electrons. The summed E-state index contributed by atoms with van der Waals surface area (Å²) in [6, 6.07) is 0. The molecule has 0 spiro atoms. The SMILES string of the molecule is CN(C)C1(N)N=CN=C2C1=NCN2[C@@H]1O[C@H](CO)[C@@H](O)[C@H]1O. The molecule has 22 heavy (non-hydrogen) atoms. The maximum atomic E-state index is 10.1. The highest BCUT2D eigenvalue weighted by Crippen LogP contribution is 2.29. The number of nitrogens with two attached hydrogens (primary N) is 1. The standard InChI is InChI=1S/C12H20N6O4/c1-17(2)12(13)9-10(14-4-16-12)18(5-15-9)11-8(21)7(20)6(3-19)22-11/h4,6-8,11,19-21H,3,5,13H2,1-2H3/t6-,7-,8-,11-,12?/m1/s1. The van der Waals surface area contributed by atoms with Gasteiger partial charge in [-0.3, -0.25) is 15.6 Å². The van der Waals surface area contributed by atoms with Crippen molar-refractivity contribution in [2.45, 2.75) is 30.3 Å². The van der Waals surface area contributed by atoms with Gasteiger partial charge in [0.05, 0.1) is 6.61 Å². The van der Waals surface area contributed by atoms with E-state index in [2.05, 4.69) is 15.0 Å². The highest BCUT2D eigenvalue weighted by molar-refractivity contribution is 6.47. The Labute approximate surface area is 127 Å². The number of rotatable bonds is 3. The molecule has 3 aliphatic rings. The zero-order valence-corrected chi connectivity index (χ0v) is 12.4. The second kappa shape index (κ2) is 5.33. The third-order valence-corrected chi connectivity index (χ3v) is 4.15. The van der Waals surface area contributed by atoms with Crippen molar-refractivity contribution in [3.05, 3.63) is 0 Å². The number of hydrogen-bond donors (Lipinski definition) is 4. The van der Waals surface area contributed by atoms with Crippen molar-refractivity contribution in [2.75, 3.05) is 27.4 Å². The average molecular weight is 312 g/mol. The molecule has 0 bridgehead atoms. The summed E-state index contributed by atoms with van der Waals surface area (Å²) in [5.41, 5.74) is 6.73. The van der Waals surface area contributed by atoms with E-state index in [1.807, 2.05) is 0 Å². The van der Waals surface area contributed by atoms with Gasteiger partial charge >= 0.3 is 0 Å². The molecular weight excluding hydrogens is 292 g/mol. The number of amidine groups is 1. The normalized spacial score (nSPS) is 41.0. The van der Waals surface area contributed by atoms with E-state index in [1.165, 1.54) is 6.34 Å². The van der Waals surface area contributed by atoms with Crippen molar-refractivity contribution in [2.24, 2.45) is 20.7 Å². The number of hydrogen-bond acceptors (Lipinski definition) is 10. The summed E-state index contributed by atoms with van der Waals surface area (Å²) in [6.45, 7) is -0.209. The second-order valence-corrected chi connectivity index (χ2v) is 5.66. The Morgan fingerprint density at radius 2 is 2.18 bits per heavy atom. The first-order chi connectivity index (χ1) is 10.4. The first-order valence-electron chi connectivity index (χ1n) is 6.92. The van der Waals surface area contributed by atoms with Crippen molar-refractivity contribution in [1.82, 2.24) is 9.80 Å². The van der Waals surface area contributed by atoms with Gasteiger partial charge in [0.15, 0.2) is 12.1 Å². The van der Waals surface area contributed by atoms with Gasteiger partial charge in [0.25, 0.3) is 0 Å². The fraction of sp³-hybridized carbons (Fsp3) is 0.750. The topological polar surface area (TPSA) is 140 Å². The van der Waals surface area contributed by atoms with Gasteiger partial charge in [0.2, 0.25) is 5.79 Å². The summed E-state index contributed by atoms with van der Waals surface area (Å²) in [5.74, 6) is -0.689. The van der Waals surface area contributed by atoms with Gasteiger partial charge in [0.1, 0.15) is 37.0 Å². The summed E-state index contributed by atoms with van der Waals surface area (Å²) in [6.07, 6.45) is -2.72. The lowest BCUT2D eigenvalue weighted by atomic mass is 10.1. The summed E-state index contributed by atoms with van der Waals surface area (Å²) < 4.78 is 5.52. The molecule has 5 N–H and O–H groups in total. The molecule has 0 saturated carbocycles. The molecule has 0 aliphatic carbocycles. The molecule has 10 heteroatoms. The Morgan fingerprint density at radius 1 is 1.45 bits per heavy atom. The zero-order chi connectivity index (χ0) is 16.1. The molecule has 0 aromatic heterocycles. The Morgan fingerprint density at radius 3 is 2.77 bits per heavy atom. The van der Waals surface area contributed by atoms with E-state index in [0.29, 0.717) is 11.5 Å². The van der Waals surface area contributed by atoms with Crippen LogP contribution < -0.4 is 5.73 Å². The Hall–Kier alpha value is -1.43. The Bertz CT molecular complexity index is 550. The fourth-order valence-corrected chi connectivity index (χ4v) is 2.74. The molecule has 0 amide bonds. The maximum absolute atomic E-state index is 10.1. The molecule has 0 radical (unpaired) electrons. The highest BCUT2D eigenvalue weighted by Gasteiger charge is 2.51. The number of fused-ring (bicyclic) bond motifs is 1. The van der Waals surface area contributed by atoms with E-state index >= 15 is 0 Å². The van der Waals surface area contributed by atoms with Crippen molar-refractivity contribution < 1.29 is 20.1 Å². The zero-order valence-electron chi connectivity index (χ0n) is 12.4. The lowest BCUT2D eigenvalue weighted by molar-refractivity contribution is -0.0688. The van der Waals surface area contributed by atoms with Crippen LogP contribution in [0.1, 0.15) is 0 Å². The maximum Gasteiger partial charge on any atom is 0.213 e. The van der Waals surface area contributed by atoms with Crippen LogP contribution in [-0.4, -0.2) is 101 Å². The van der Waals surface area contributed by atoms with Gasteiger partial charge in [-0.2, -0.15) is 0 Å². The van der Waals surface area contributed by atoms with E-state index in [0.717, 1.165) is 0 Å².